The maximum atomic E-state index is 5.71. The van der Waals surface area contributed by atoms with E-state index in [0.29, 0.717) is 0 Å². The number of hydrogen-bond donors (Lipinski definition) is 1. The fraction of sp³-hybridized carbons (Fsp3) is 0.438. The Labute approximate surface area is 120 Å². The van der Waals surface area contributed by atoms with Crippen LogP contribution in [0.25, 0.3) is 0 Å². The smallest absolute Gasteiger partial charge is 0.138 e. The molecule has 0 amide bonds. The molecule has 2 heterocycles. The molecule has 1 atom stereocenters. The zero-order valence-electron chi connectivity index (χ0n) is 12.3. The van der Waals surface area contributed by atoms with Crippen molar-refractivity contribution < 1.29 is 9.15 Å². The molecule has 0 fully saturated rings. The van der Waals surface area contributed by atoms with Crippen molar-refractivity contribution in [3.8, 4) is 5.75 Å². The average Bonchev–Trinajstić information content (AvgIpc) is 2.93. The topological polar surface area (TPSA) is 47.3 Å². The quantitative estimate of drug-likeness (QED) is 0.838. The summed E-state index contributed by atoms with van der Waals surface area (Å²) in [5.74, 6) is 0.796. The Morgan fingerprint density at radius 2 is 2.15 bits per heavy atom. The van der Waals surface area contributed by atoms with Crippen LogP contribution in [0.5, 0.6) is 5.75 Å². The molecule has 0 bridgehead atoms. The molecule has 0 aliphatic heterocycles. The van der Waals surface area contributed by atoms with Crippen molar-refractivity contribution >= 4 is 0 Å². The summed E-state index contributed by atoms with van der Waals surface area (Å²) in [7, 11) is 0. The molecule has 4 nitrogen and oxygen atoms in total. The largest absolute Gasteiger partial charge is 0.489 e. The van der Waals surface area contributed by atoms with Gasteiger partial charge in [0.25, 0.3) is 0 Å². The van der Waals surface area contributed by atoms with Gasteiger partial charge in [-0.3, -0.25) is 4.98 Å². The minimum Gasteiger partial charge on any atom is -0.489 e. The Balaban J connectivity index is 2.24. The lowest BCUT2D eigenvalue weighted by atomic mass is 10.0. The van der Waals surface area contributed by atoms with E-state index in [4.69, 9.17) is 9.15 Å². The summed E-state index contributed by atoms with van der Waals surface area (Å²) < 4.78 is 10.9. The van der Waals surface area contributed by atoms with Gasteiger partial charge in [-0.15, -0.1) is 0 Å². The van der Waals surface area contributed by atoms with E-state index in [-0.39, 0.29) is 12.1 Å². The molecule has 0 saturated heterocycles. The number of aromatic nitrogens is 1. The Hall–Kier alpha value is -1.81. The summed E-state index contributed by atoms with van der Waals surface area (Å²) in [6.07, 6.45) is 8.29. The third-order valence-electron chi connectivity index (χ3n) is 2.91. The second-order valence-electron chi connectivity index (χ2n) is 5.06. The number of nitrogens with zero attached hydrogens (tertiary/aromatic N) is 1. The van der Waals surface area contributed by atoms with Gasteiger partial charge in [-0.1, -0.05) is 6.92 Å². The predicted octanol–water partition coefficient (Wildman–Crippen LogP) is 3.55. The molecule has 1 unspecified atom stereocenters. The summed E-state index contributed by atoms with van der Waals surface area (Å²) in [6, 6.07) is 4.09. The first-order valence-electron chi connectivity index (χ1n) is 7.07. The standard InChI is InChI=1S/C16H22N2O2/c1-4-6-18-16(13-5-7-19-11-13)14-8-15(10-17-9-14)20-12(2)3/h5,7-12,16,18H,4,6H2,1-3H3. The number of furan rings is 1. The van der Waals surface area contributed by atoms with Gasteiger partial charge in [0, 0.05) is 11.8 Å². The number of rotatable bonds is 7. The highest BCUT2D eigenvalue weighted by atomic mass is 16.5. The third-order valence-corrected chi connectivity index (χ3v) is 2.91. The molecule has 108 valence electrons. The van der Waals surface area contributed by atoms with E-state index < -0.39 is 0 Å². The molecule has 0 spiro atoms. The second kappa shape index (κ2) is 7.10. The predicted molar refractivity (Wildman–Crippen MR) is 78.8 cm³/mol. The van der Waals surface area contributed by atoms with E-state index in [2.05, 4.69) is 17.2 Å². The van der Waals surface area contributed by atoms with E-state index in [1.54, 1.807) is 18.7 Å². The zero-order chi connectivity index (χ0) is 14.4. The molecule has 0 radical (unpaired) electrons. The lowest BCUT2D eigenvalue weighted by molar-refractivity contribution is 0.241. The Morgan fingerprint density at radius 3 is 2.80 bits per heavy atom. The van der Waals surface area contributed by atoms with Gasteiger partial charge >= 0.3 is 0 Å². The molecule has 4 heteroatoms. The lowest BCUT2D eigenvalue weighted by Gasteiger charge is -2.18. The lowest BCUT2D eigenvalue weighted by Crippen LogP contribution is -2.23. The van der Waals surface area contributed by atoms with Crippen LogP contribution in [-0.2, 0) is 0 Å². The number of hydrogen-bond acceptors (Lipinski definition) is 4. The van der Waals surface area contributed by atoms with Crippen LogP contribution in [0.4, 0.5) is 0 Å². The first-order valence-corrected chi connectivity index (χ1v) is 7.07. The maximum absolute atomic E-state index is 5.71. The van der Waals surface area contributed by atoms with Crippen molar-refractivity contribution in [2.24, 2.45) is 0 Å². The molecule has 2 aromatic heterocycles. The highest BCUT2D eigenvalue weighted by Crippen LogP contribution is 2.25. The van der Waals surface area contributed by atoms with Crippen molar-refractivity contribution in [2.75, 3.05) is 6.54 Å². The summed E-state index contributed by atoms with van der Waals surface area (Å²) in [6.45, 7) is 7.10. The molecule has 0 aliphatic rings. The maximum Gasteiger partial charge on any atom is 0.138 e. The molecular formula is C16H22N2O2. The van der Waals surface area contributed by atoms with Gasteiger partial charge in [0.1, 0.15) is 5.75 Å². The summed E-state index contributed by atoms with van der Waals surface area (Å²) >= 11 is 0. The Kier molecular flexibility index (Phi) is 5.18. The summed E-state index contributed by atoms with van der Waals surface area (Å²) in [5.41, 5.74) is 2.18. The van der Waals surface area contributed by atoms with Crippen molar-refractivity contribution in [1.29, 1.82) is 0 Å². The molecular weight excluding hydrogens is 252 g/mol. The van der Waals surface area contributed by atoms with Crippen molar-refractivity contribution in [3.05, 3.63) is 48.2 Å². The van der Waals surface area contributed by atoms with E-state index >= 15 is 0 Å². The summed E-state index contributed by atoms with van der Waals surface area (Å²) in [4.78, 5) is 4.28. The van der Waals surface area contributed by atoms with Crippen molar-refractivity contribution in [3.63, 3.8) is 0 Å². The van der Waals surface area contributed by atoms with Gasteiger partial charge in [-0.2, -0.15) is 0 Å². The number of pyridine rings is 1. The van der Waals surface area contributed by atoms with Gasteiger partial charge < -0.3 is 14.5 Å². The monoisotopic (exact) mass is 274 g/mol. The van der Waals surface area contributed by atoms with Crippen LogP contribution in [-0.4, -0.2) is 17.6 Å². The molecule has 0 aromatic carbocycles. The third kappa shape index (κ3) is 3.84. The van der Waals surface area contributed by atoms with Crippen LogP contribution in [0.15, 0.2) is 41.5 Å². The zero-order valence-corrected chi connectivity index (χ0v) is 12.3. The van der Waals surface area contributed by atoms with Crippen LogP contribution in [0.1, 0.15) is 44.4 Å². The van der Waals surface area contributed by atoms with Gasteiger partial charge in [-0.25, -0.2) is 0 Å². The van der Waals surface area contributed by atoms with Crippen LogP contribution in [0, 0.1) is 0 Å². The Bertz CT molecular complexity index is 509. The van der Waals surface area contributed by atoms with Crippen LogP contribution >= 0.6 is 0 Å². The van der Waals surface area contributed by atoms with Crippen LogP contribution in [0.2, 0.25) is 0 Å². The SMILES string of the molecule is CCCNC(c1ccoc1)c1cncc(OC(C)C)c1. The first-order chi connectivity index (χ1) is 9.70. The normalized spacial score (nSPS) is 12.6. The highest BCUT2D eigenvalue weighted by molar-refractivity contribution is 5.32. The molecule has 1 N–H and O–H groups in total. The number of ether oxygens (including phenoxy) is 1. The molecule has 0 aliphatic carbocycles. The molecule has 20 heavy (non-hydrogen) atoms. The van der Waals surface area contributed by atoms with Gasteiger partial charge in [0.2, 0.25) is 0 Å². The van der Waals surface area contributed by atoms with E-state index in [1.165, 1.54) is 0 Å². The minimum atomic E-state index is 0.0805. The van der Waals surface area contributed by atoms with E-state index in [1.807, 2.05) is 32.2 Å². The number of nitrogens with one attached hydrogen (secondary N) is 1. The highest BCUT2D eigenvalue weighted by Gasteiger charge is 2.15. The average molecular weight is 274 g/mol. The summed E-state index contributed by atoms with van der Waals surface area (Å²) in [5, 5.41) is 3.51. The Morgan fingerprint density at radius 1 is 1.30 bits per heavy atom. The van der Waals surface area contributed by atoms with E-state index in [9.17, 15) is 0 Å². The molecule has 2 rings (SSSR count). The van der Waals surface area contributed by atoms with Crippen molar-refractivity contribution in [1.82, 2.24) is 10.3 Å². The van der Waals surface area contributed by atoms with Gasteiger partial charge in [0.15, 0.2) is 0 Å². The van der Waals surface area contributed by atoms with Crippen molar-refractivity contribution in [2.45, 2.75) is 39.3 Å². The van der Waals surface area contributed by atoms with Gasteiger partial charge in [-0.05, 0) is 44.5 Å². The fourth-order valence-corrected chi connectivity index (χ4v) is 2.09. The van der Waals surface area contributed by atoms with Crippen LogP contribution in [0.3, 0.4) is 0 Å². The van der Waals surface area contributed by atoms with Gasteiger partial charge in [0.05, 0.1) is 30.9 Å². The van der Waals surface area contributed by atoms with E-state index in [0.717, 1.165) is 29.8 Å². The van der Waals surface area contributed by atoms with Crippen LogP contribution < -0.4 is 10.1 Å². The fourth-order valence-electron chi connectivity index (χ4n) is 2.09. The molecule has 0 saturated carbocycles. The first kappa shape index (κ1) is 14.6. The minimum absolute atomic E-state index is 0.0805. The molecule has 2 aromatic rings. The second-order valence-corrected chi connectivity index (χ2v) is 5.06.